The molecule has 4 aromatic carbocycles. The molecule has 0 radical (unpaired) electrons. The lowest BCUT2D eigenvalue weighted by Crippen LogP contribution is -2.60. The van der Waals surface area contributed by atoms with Gasteiger partial charge >= 0.3 is 0 Å². The number of nitrogens with zero attached hydrogens (tertiary/aromatic N) is 5. The first-order valence-electron chi connectivity index (χ1n) is 27.5. The van der Waals surface area contributed by atoms with Gasteiger partial charge in [0.15, 0.2) is 0 Å². The number of nitrogens with one attached hydrogen (secondary N) is 3. The highest BCUT2D eigenvalue weighted by Gasteiger charge is 2.50. The predicted octanol–water partition coefficient (Wildman–Crippen LogP) is 11.4. The molecule has 2 aliphatic heterocycles. The molecule has 4 fully saturated rings. The van der Waals surface area contributed by atoms with Crippen LogP contribution in [-0.2, 0) is 16.6 Å². The molecule has 1 atom stereocenters. The van der Waals surface area contributed by atoms with Crippen molar-refractivity contribution in [3.05, 3.63) is 141 Å². The van der Waals surface area contributed by atoms with E-state index in [4.69, 9.17) is 9.47 Å². The largest absolute Gasteiger partial charge is 0.496 e. The highest BCUT2D eigenvalue weighted by Crippen LogP contribution is 2.53. The van der Waals surface area contributed by atoms with Crippen LogP contribution in [0.5, 0.6) is 17.2 Å². The van der Waals surface area contributed by atoms with Crippen molar-refractivity contribution < 1.29 is 37.1 Å². The van der Waals surface area contributed by atoms with E-state index in [-0.39, 0.29) is 45.5 Å². The summed E-state index contributed by atoms with van der Waals surface area (Å²) in [6, 6.07) is 26.3. The van der Waals surface area contributed by atoms with Crippen LogP contribution in [0.2, 0.25) is 0 Å². The standard InChI is InChI=1S/C60H73FN8O8S/c1-38(2)46-9-7-8-10-48(46)54-37-66(36-41-11-14-47(39(3)4)55(27-41)76-6)25-26-68(54)43-31-60(32-43)21-23-67(24-22-60)42-12-15-49(56(28-42)77-44-29-50-51(61)35-64-57(50)63-34-44)58(70)65-78(74,75)45-13-16-52(53(30-45)69(72)73)62-33-40-17-19-59(5,71)20-18-40/h7-16,27-30,34-35,38-40,43,54,62,71H,17-26,31-33,36-37H2,1-6H3,(H,63,64)(H,65,70)/t40?,54-,59?/m0/s1. The minimum absolute atomic E-state index is 0.0228. The molecule has 4 N–H and O–H groups in total. The van der Waals surface area contributed by atoms with Crippen LogP contribution < -0.4 is 24.4 Å². The first-order valence-corrected chi connectivity index (χ1v) is 29.0. The summed E-state index contributed by atoms with van der Waals surface area (Å²) in [7, 11) is -2.89. The van der Waals surface area contributed by atoms with E-state index in [2.05, 4.69) is 105 Å². The molecule has 0 bridgehead atoms. The van der Waals surface area contributed by atoms with Crippen LogP contribution in [0.25, 0.3) is 11.0 Å². The Balaban J connectivity index is 0.837. The molecule has 0 unspecified atom stereocenters. The van der Waals surface area contributed by atoms with Crippen molar-refractivity contribution in [2.24, 2.45) is 11.3 Å². The van der Waals surface area contributed by atoms with E-state index in [1.54, 1.807) is 26.2 Å². The zero-order valence-electron chi connectivity index (χ0n) is 45.6. The monoisotopic (exact) mass is 1080 g/mol. The van der Waals surface area contributed by atoms with Gasteiger partial charge in [-0.05, 0) is 140 Å². The van der Waals surface area contributed by atoms with Crippen molar-refractivity contribution in [1.29, 1.82) is 0 Å². The van der Waals surface area contributed by atoms with Crippen LogP contribution in [0, 0.1) is 27.3 Å². The molecule has 4 aliphatic rings. The van der Waals surface area contributed by atoms with Gasteiger partial charge in [-0.25, -0.2) is 22.5 Å². The third-order valence-corrected chi connectivity index (χ3v) is 18.5. The van der Waals surface area contributed by atoms with Gasteiger partial charge in [-0.1, -0.05) is 64.1 Å². The van der Waals surface area contributed by atoms with Gasteiger partial charge in [0.05, 0.1) is 39.7 Å². The van der Waals surface area contributed by atoms with Gasteiger partial charge in [0.1, 0.15) is 34.4 Å². The number of halogens is 1. The number of sulfonamides is 1. The number of ether oxygens (including phenoxy) is 2. The second-order valence-electron chi connectivity index (χ2n) is 23.2. The smallest absolute Gasteiger partial charge is 0.293 e. The molecule has 414 valence electrons. The van der Waals surface area contributed by atoms with Gasteiger partial charge in [0.25, 0.3) is 21.6 Å². The lowest BCUT2D eigenvalue weighted by Gasteiger charge is -2.58. The molecule has 16 nitrogen and oxygen atoms in total. The average Bonchev–Trinajstić information content (AvgIpc) is 3.96. The van der Waals surface area contributed by atoms with Crippen LogP contribution in [0.15, 0.2) is 102 Å². The number of aromatic amines is 1. The Kier molecular flexibility index (Phi) is 15.6. The molecule has 1 spiro atoms. The summed E-state index contributed by atoms with van der Waals surface area (Å²) in [5.74, 6) is 0.484. The van der Waals surface area contributed by atoms with E-state index >= 15 is 0 Å². The van der Waals surface area contributed by atoms with Crippen LogP contribution in [0.3, 0.4) is 0 Å². The Hall–Kier alpha value is -6.60. The number of aliphatic hydroxyl groups is 1. The number of nitro benzene ring substituents is 1. The Morgan fingerprint density at radius 1 is 0.923 bits per heavy atom. The van der Waals surface area contributed by atoms with Crippen molar-refractivity contribution in [1.82, 2.24) is 24.5 Å². The van der Waals surface area contributed by atoms with Crippen LogP contribution in [0.4, 0.5) is 21.5 Å². The summed E-state index contributed by atoms with van der Waals surface area (Å²) in [5, 5.41) is 25.9. The highest BCUT2D eigenvalue weighted by atomic mass is 32.2. The highest BCUT2D eigenvalue weighted by molar-refractivity contribution is 7.90. The summed E-state index contributed by atoms with van der Waals surface area (Å²) in [6.07, 6.45) is 9.46. The molecular weight excluding hydrogens is 1010 g/mol. The van der Waals surface area contributed by atoms with Crippen LogP contribution in [0.1, 0.15) is 136 Å². The number of amides is 1. The minimum Gasteiger partial charge on any atom is -0.496 e. The summed E-state index contributed by atoms with van der Waals surface area (Å²) in [4.78, 5) is 40.0. The van der Waals surface area contributed by atoms with Crippen molar-refractivity contribution in [2.75, 3.05) is 56.6 Å². The van der Waals surface area contributed by atoms with Gasteiger partial charge in [0, 0.05) is 81.9 Å². The minimum atomic E-state index is -4.65. The number of aromatic nitrogens is 2. The molecule has 1 amide bonds. The number of piperidine rings is 1. The van der Waals surface area contributed by atoms with E-state index in [0.29, 0.717) is 42.9 Å². The Labute approximate surface area is 456 Å². The number of H-pyrrole nitrogens is 1. The van der Waals surface area contributed by atoms with E-state index in [1.807, 2.05) is 0 Å². The number of anilines is 2. The number of nitro groups is 1. The molecule has 6 aromatic rings. The number of piperazine rings is 1. The summed E-state index contributed by atoms with van der Waals surface area (Å²) < 4.78 is 56.8. The summed E-state index contributed by atoms with van der Waals surface area (Å²) in [6.45, 7) is 16.4. The molecule has 10 rings (SSSR count). The number of hydrogen-bond donors (Lipinski definition) is 4. The number of hydrogen-bond acceptors (Lipinski definition) is 13. The van der Waals surface area contributed by atoms with Crippen molar-refractivity contribution in [3.63, 3.8) is 0 Å². The van der Waals surface area contributed by atoms with Gasteiger partial charge in [-0.3, -0.25) is 24.7 Å². The van der Waals surface area contributed by atoms with E-state index in [9.17, 15) is 32.8 Å². The number of rotatable bonds is 17. The van der Waals surface area contributed by atoms with Gasteiger partial charge < -0.3 is 29.8 Å². The zero-order chi connectivity index (χ0) is 55.1. The third-order valence-electron chi connectivity index (χ3n) is 17.2. The molecule has 4 heterocycles. The van der Waals surface area contributed by atoms with Crippen molar-refractivity contribution >= 4 is 44.0 Å². The number of fused-ring (bicyclic) bond motifs is 1. The number of methoxy groups -OCH3 is 1. The maximum Gasteiger partial charge on any atom is 0.293 e. The lowest BCUT2D eigenvalue weighted by atomic mass is 9.59. The number of benzene rings is 4. The molecule has 2 saturated heterocycles. The van der Waals surface area contributed by atoms with E-state index < -0.39 is 42.9 Å². The molecule has 2 aliphatic carbocycles. The lowest BCUT2D eigenvalue weighted by molar-refractivity contribution is -0.384. The van der Waals surface area contributed by atoms with Crippen LogP contribution >= 0.6 is 0 Å². The normalized spacial score (nSPS) is 21.2. The average molecular weight is 1090 g/mol. The molecule has 78 heavy (non-hydrogen) atoms. The fraction of sp³-hybridized carbons (Fsp3) is 0.467. The quantitative estimate of drug-likeness (QED) is 0.0498. The SMILES string of the molecule is COc1cc(CN2CCN(C3CC4(CCN(c5ccc(C(=O)NS(=O)(=O)c6ccc(NCC7CCC(C)(O)CC7)c([N+](=O)[O-])c6)c(Oc6cnc7[nH]cc(F)c7c6)c5)CC4)C3)[C@H](c3ccccc3C(C)C)C2)ccc1C(C)C. The van der Waals surface area contributed by atoms with E-state index in [1.165, 1.54) is 58.9 Å². The number of pyridine rings is 1. The number of carbonyl (C=O) groups is 1. The Morgan fingerprint density at radius 2 is 1.67 bits per heavy atom. The Bertz CT molecular complexity index is 3280. The second kappa shape index (κ2) is 22.3. The molecule has 2 aromatic heterocycles. The fourth-order valence-electron chi connectivity index (χ4n) is 12.5. The van der Waals surface area contributed by atoms with Crippen molar-refractivity contribution in [2.45, 2.75) is 127 Å². The summed E-state index contributed by atoms with van der Waals surface area (Å²) in [5.41, 5.74) is 5.39. The predicted molar refractivity (Wildman–Crippen MR) is 301 cm³/mol. The Morgan fingerprint density at radius 3 is 2.38 bits per heavy atom. The van der Waals surface area contributed by atoms with Gasteiger partial charge in [-0.15, -0.1) is 0 Å². The van der Waals surface area contributed by atoms with Gasteiger partial charge in [-0.2, -0.15) is 0 Å². The molecule has 2 saturated carbocycles. The maximum absolute atomic E-state index is 14.8. The zero-order valence-corrected chi connectivity index (χ0v) is 46.4. The fourth-order valence-corrected chi connectivity index (χ4v) is 13.5. The van der Waals surface area contributed by atoms with E-state index in [0.717, 1.165) is 95.3 Å². The van der Waals surface area contributed by atoms with Crippen molar-refractivity contribution in [3.8, 4) is 17.2 Å². The van der Waals surface area contributed by atoms with Crippen LogP contribution in [-0.4, -0.2) is 102 Å². The van der Waals surface area contributed by atoms with Gasteiger partial charge in [0.2, 0.25) is 0 Å². The molecule has 18 heteroatoms. The second-order valence-corrected chi connectivity index (χ2v) is 24.9. The maximum atomic E-state index is 14.8. The first kappa shape index (κ1) is 54.7. The number of carbonyl (C=O) groups excluding carboxylic acids is 1. The third kappa shape index (κ3) is 11.7. The summed E-state index contributed by atoms with van der Waals surface area (Å²) >= 11 is 0. The topological polar surface area (TPSA) is 195 Å². The first-order chi connectivity index (χ1) is 37.3. The molecular formula is C60H73FN8O8S.